The van der Waals surface area contributed by atoms with Crippen LogP contribution in [0.1, 0.15) is 19.3 Å². The molecule has 0 spiro atoms. The first-order valence-electron chi connectivity index (χ1n) is 5.21. The maximum absolute atomic E-state index is 5.55. The number of rotatable bonds is 7. The smallest absolute Gasteiger partial charge is 0.138 e. The van der Waals surface area contributed by atoms with Gasteiger partial charge >= 0.3 is 0 Å². The summed E-state index contributed by atoms with van der Waals surface area (Å²) in [4.78, 5) is 4.03. The first kappa shape index (κ1) is 12.5. The summed E-state index contributed by atoms with van der Waals surface area (Å²) in [5, 5.41) is 3.13. The van der Waals surface area contributed by atoms with E-state index in [4.69, 9.17) is 4.74 Å². The van der Waals surface area contributed by atoms with E-state index in [0.29, 0.717) is 0 Å². The Hall–Kier alpha value is -0.610. The van der Waals surface area contributed by atoms with Gasteiger partial charge in [-0.2, -0.15) is 0 Å². The highest BCUT2D eigenvalue weighted by molar-refractivity contribution is 9.10. The molecule has 0 aliphatic carbocycles. The van der Waals surface area contributed by atoms with E-state index >= 15 is 0 Å². The highest BCUT2D eigenvalue weighted by Gasteiger charge is 1.95. The van der Waals surface area contributed by atoms with Crippen LogP contribution in [-0.4, -0.2) is 25.2 Å². The van der Waals surface area contributed by atoms with E-state index in [9.17, 15) is 0 Å². The van der Waals surface area contributed by atoms with Gasteiger partial charge in [-0.1, -0.05) is 0 Å². The second-order valence-corrected chi connectivity index (χ2v) is 4.27. The maximum atomic E-state index is 5.55. The van der Waals surface area contributed by atoms with Gasteiger partial charge in [0.2, 0.25) is 0 Å². The number of hydrogen-bond donors (Lipinski definition) is 1. The summed E-state index contributed by atoms with van der Waals surface area (Å²) in [6.07, 6.45) is 6.98. The van der Waals surface area contributed by atoms with Crippen molar-refractivity contribution in [2.75, 3.05) is 20.2 Å². The Kier molecular flexibility index (Phi) is 6.36. The fraction of sp³-hybridized carbons (Fsp3) is 0.545. The van der Waals surface area contributed by atoms with E-state index in [0.717, 1.165) is 29.8 Å². The monoisotopic (exact) mass is 272 g/mol. The van der Waals surface area contributed by atoms with Crippen molar-refractivity contribution in [2.45, 2.75) is 19.3 Å². The van der Waals surface area contributed by atoms with Crippen LogP contribution in [0.5, 0.6) is 5.75 Å². The van der Waals surface area contributed by atoms with Crippen LogP contribution in [0, 0.1) is 0 Å². The van der Waals surface area contributed by atoms with Crippen molar-refractivity contribution in [1.29, 1.82) is 0 Å². The van der Waals surface area contributed by atoms with Crippen molar-refractivity contribution in [1.82, 2.24) is 10.3 Å². The van der Waals surface area contributed by atoms with Crippen LogP contribution in [0.2, 0.25) is 0 Å². The van der Waals surface area contributed by atoms with Crippen molar-refractivity contribution < 1.29 is 4.74 Å². The van der Waals surface area contributed by atoms with E-state index in [1.165, 1.54) is 12.8 Å². The van der Waals surface area contributed by atoms with E-state index in [1.807, 2.05) is 13.1 Å². The molecule has 15 heavy (non-hydrogen) atoms. The third-order valence-corrected chi connectivity index (χ3v) is 2.45. The average Bonchev–Trinajstić information content (AvgIpc) is 2.23. The van der Waals surface area contributed by atoms with Crippen LogP contribution in [0.25, 0.3) is 0 Å². The van der Waals surface area contributed by atoms with Crippen molar-refractivity contribution in [3.05, 3.63) is 22.9 Å². The second kappa shape index (κ2) is 7.65. The Morgan fingerprint density at radius 3 is 2.93 bits per heavy atom. The zero-order valence-corrected chi connectivity index (χ0v) is 10.6. The average molecular weight is 273 g/mol. The van der Waals surface area contributed by atoms with Gasteiger partial charge in [0.15, 0.2) is 0 Å². The summed E-state index contributed by atoms with van der Waals surface area (Å²) >= 11 is 3.35. The Labute approximate surface area is 99.4 Å². The molecular formula is C11H17BrN2O. The minimum Gasteiger partial charge on any atom is -0.492 e. The van der Waals surface area contributed by atoms with Gasteiger partial charge in [-0.3, -0.25) is 4.98 Å². The molecule has 1 rings (SSSR count). The first-order chi connectivity index (χ1) is 7.33. The van der Waals surface area contributed by atoms with Gasteiger partial charge in [0.1, 0.15) is 5.75 Å². The van der Waals surface area contributed by atoms with E-state index in [2.05, 4.69) is 26.2 Å². The zero-order chi connectivity index (χ0) is 10.9. The number of halogens is 1. The lowest BCUT2D eigenvalue weighted by molar-refractivity contribution is 0.304. The van der Waals surface area contributed by atoms with Crippen LogP contribution in [0.3, 0.4) is 0 Å². The van der Waals surface area contributed by atoms with Crippen molar-refractivity contribution in [3.63, 3.8) is 0 Å². The Balaban J connectivity index is 2.10. The van der Waals surface area contributed by atoms with Crippen LogP contribution >= 0.6 is 15.9 Å². The van der Waals surface area contributed by atoms with Crippen LogP contribution in [0.4, 0.5) is 0 Å². The molecule has 0 aliphatic heterocycles. The minimum atomic E-state index is 0.766. The summed E-state index contributed by atoms with van der Waals surface area (Å²) in [6.45, 7) is 1.85. The predicted molar refractivity (Wildman–Crippen MR) is 65.2 cm³/mol. The van der Waals surface area contributed by atoms with Crippen molar-refractivity contribution in [2.24, 2.45) is 0 Å². The molecule has 1 N–H and O–H groups in total. The summed E-state index contributed by atoms with van der Waals surface area (Å²) in [6, 6.07) is 1.93. The van der Waals surface area contributed by atoms with E-state index in [1.54, 1.807) is 12.4 Å². The molecule has 0 radical (unpaired) electrons. The summed E-state index contributed by atoms with van der Waals surface area (Å²) in [5.41, 5.74) is 0. The lowest BCUT2D eigenvalue weighted by atomic mass is 10.2. The molecule has 0 saturated carbocycles. The molecule has 1 heterocycles. The molecule has 4 heteroatoms. The first-order valence-corrected chi connectivity index (χ1v) is 6.00. The van der Waals surface area contributed by atoms with Gasteiger partial charge in [-0.15, -0.1) is 0 Å². The quantitative estimate of drug-likeness (QED) is 0.775. The molecule has 0 atom stereocenters. The highest BCUT2D eigenvalue weighted by Crippen LogP contribution is 2.15. The highest BCUT2D eigenvalue weighted by atomic mass is 79.9. The van der Waals surface area contributed by atoms with Gasteiger partial charge < -0.3 is 10.1 Å². The Morgan fingerprint density at radius 2 is 2.20 bits per heavy atom. The van der Waals surface area contributed by atoms with Gasteiger partial charge in [0, 0.05) is 10.7 Å². The minimum absolute atomic E-state index is 0.766. The third-order valence-electron chi connectivity index (χ3n) is 2.02. The predicted octanol–water partition coefficient (Wildman–Crippen LogP) is 2.61. The van der Waals surface area contributed by atoms with Crippen LogP contribution < -0.4 is 10.1 Å². The number of pyridine rings is 1. The normalized spacial score (nSPS) is 10.3. The molecule has 0 amide bonds. The molecule has 0 saturated heterocycles. The molecular weight excluding hydrogens is 256 g/mol. The van der Waals surface area contributed by atoms with Gasteiger partial charge in [-0.05, 0) is 54.9 Å². The van der Waals surface area contributed by atoms with Gasteiger partial charge in [-0.25, -0.2) is 0 Å². The molecule has 0 bridgehead atoms. The van der Waals surface area contributed by atoms with E-state index in [-0.39, 0.29) is 0 Å². The number of hydrogen-bond acceptors (Lipinski definition) is 3. The molecule has 1 aromatic rings. The topological polar surface area (TPSA) is 34.1 Å². The van der Waals surface area contributed by atoms with Crippen LogP contribution in [0.15, 0.2) is 22.9 Å². The van der Waals surface area contributed by atoms with Crippen LogP contribution in [-0.2, 0) is 0 Å². The Bertz CT molecular complexity index is 281. The molecule has 0 unspecified atom stereocenters. The molecule has 84 valence electrons. The Morgan fingerprint density at radius 1 is 1.33 bits per heavy atom. The molecule has 0 fully saturated rings. The molecule has 0 aromatic carbocycles. The van der Waals surface area contributed by atoms with E-state index < -0.39 is 0 Å². The number of aromatic nitrogens is 1. The standard InChI is InChI=1S/C11H17BrN2O/c1-13-5-3-2-4-6-15-11-7-10(12)8-14-9-11/h7-9,13H,2-6H2,1H3. The zero-order valence-electron chi connectivity index (χ0n) is 9.00. The lowest BCUT2D eigenvalue weighted by Gasteiger charge is -2.05. The lowest BCUT2D eigenvalue weighted by Crippen LogP contribution is -2.07. The number of ether oxygens (including phenoxy) is 1. The maximum Gasteiger partial charge on any atom is 0.138 e. The largest absolute Gasteiger partial charge is 0.492 e. The van der Waals surface area contributed by atoms with Gasteiger partial charge in [0.05, 0.1) is 12.8 Å². The van der Waals surface area contributed by atoms with Gasteiger partial charge in [0.25, 0.3) is 0 Å². The number of nitrogens with one attached hydrogen (secondary N) is 1. The molecule has 3 nitrogen and oxygen atoms in total. The number of unbranched alkanes of at least 4 members (excludes halogenated alkanes) is 2. The van der Waals surface area contributed by atoms with Crippen molar-refractivity contribution >= 4 is 15.9 Å². The fourth-order valence-electron chi connectivity index (χ4n) is 1.24. The molecule has 0 aliphatic rings. The molecule has 1 aromatic heterocycles. The third kappa shape index (κ3) is 5.74. The summed E-state index contributed by atoms with van der Waals surface area (Å²) < 4.78 is 6.51. The van der Waals surface area contributed by atoms with Crippen molar-refractivity contribution in [3.8, 4) is 5.75 Å². The SMILES string of the molecule is CNCCCCCOc1cncc(Br)c1. The number of nitrogens with zero attached hydrogens (tertiary/aromatic N) is 1. The second-order valence-electron chi connectivity index (χ2n) is 3.35. The summed E-state index contributed by atoms with van der Waals surface area (Å²) in [5.74, 6) is 0.831. The fourth-order valence-corrected chi connectivity index (χ4v) is 1.59. The summed E-state index contributed by atoms with van der Waals surface area (Å²) in [7, 11) is 1.98.